The first-order valence-corrected chi connectivity index (χ1v) is 6.81. The van der Waals surface area contributed by atoms with Crippen LogP contribution in [-0.4, -0.2) is 12.6 Å². The number of nitrogen functional groups attached to an aromatic ring is 1. The van der Waals surface area contributed by atoms with Crippen molar-refractivity contribution in [1.29, 1.82) is 0 Å². The Morgan fingerprint density at radius 1 is 1.32 bits per heavy atom. The van der Waals surface area contributed by atoms with Gasteiger partial charge in [-0.2, -0.15) is 0 Å². The Balaban J connectivity index is 0.000000200. The molecule has 1 aromatic carbocycles. The number of ether oxygens (including phenoxy) is 1. The molecule has 19 heavy (non-hydrogen) atoms. The van der Waals surface area contributed by atoms with Gasteiger partial charge in [0.2, 0.25) is 0 Å². The molecule has 2 N–H and O–H groups in total. The van der Waals surface area contributed by atoms with Gasteiger partial charge in [-0.3, -0.25) is 4.79 Å². The molecule has 106 valence electrons. The highest BCUT2D eigenvalue weighted by Crippen LogP contribution is 2.24. The third-order valence-corrected chi connectivity index (χ3v) is 3.13. The van der Waals surface area contributed by atoms with Crippen molar-refractivity contribution in [2.75, 3.05) is 12.3 Å². The number of esters is 1. The zero-order chi connectivity index (χ0) is 14.1. The first kappa shape index (κ1) is 15.5. The van der Waals surface area contributed by atoms with Gasteiger partial charge in [-0.1, -0.05) is 31.4 Å². The third-order valence-electron chi connectivity index (χ3n) is 3.13. The molecule has 0 amide bonds. The predicted octanol–water partition coefficient (Wildman–Crippen LogP) is 3.54. The maximum absolute atomic E-state index is 12.2. The number of anilines is 1. The first-order chi connectivity index (χ1) is 9.15. The van der Waals surface area contributed by atoms with E-state index in [0.717, 1.165) is 12.8 Å². The molecule has 2 rings (SSSR count). The van der Waals surface area contributed by atoms with E-state index in [9.17, 15) is 9.18 Å². The van der Waals surface area contributed by atoms with Crippen LogP contribution in [0.2, 0.25) is 0 Å². The zero-order valence-corrected chi connectivity index (χ0v) is 11.4. The summed E-state index contributed by atoms with van der Waals surface area (Å²) in [5.41, 5.74) is 5.35. The summed E-state index contributed by atoms with van der Waals surface area (Å²) >= 11 is 0. The van der Waals surface area contributed by atoms with E-state index in [0.29, 0.717) is 6.61 Å². The summed E-state index contributed by atoms with van der Waals surface area (Å²) in [5, 5.41) is 0. The maximum atomic E-state index is 12.2. The van der Waals surface area contributed by atoms with Crippen LogP contribution < -0.4 is 5.73 Å². The molecule has 1 aliphatic carbocycles. The van der Waals surface area contributed by atoms with Gasteiger partial charge in [-0.05, 0) is 31.9 Å². The second-order valence-electron chi connectivity index (χ2n) is 4.61. The van der Waals surface area contributed by atoms with Crippen molar-refractivity contribution in [3.63, 3.8) is 0 Å². The second-order valence-corrected chi connectivity index (χ2v) is 4.61. The van der Waals surface area contributed by atoms with E-state index in [1.54, 1.807) is 12.1 Å². The molecular formula is C15H22FNO2. The fraction of sp³-hybridized carbons (Fsp3) is 0.533. The number of halogens is 1. The van der Waals surface area contributed by atoms with Crippen molar-refractivity contribution >= 4 is 11.7 Å². The summed E-state index contributed by atoms with van der Waals surface area (Å²) in [7, 11) is 0. The molecule has 0 unspecified atom stereocenters. The average Bonchev–Trinajstić information content (AvgIpc) is 2.44. The molecular weight excluding hydrogens is 245 g/mol. The highest BCUT2D eigenvalue weighted by atomic mass is 19.1. The lowest BCUT2D eigenvalue weighted by Gasteiger charge is -2.19. The van der Waals surface area contributed by atoms with Crippen LogP contribution in [0.1, 0.15) is 39.0 Å². The van der Waals surface area contributed by atoms with Crippen LogP contribution in [0.3, 0.4) is 0 Å². The summed E-state index contributed by atoms with van der Waals surface area (Å²) in [6, 6.07) is 6.15. The Labute approximate surface area is 113 Å². The van der Waals surface area contributed by atoms with Crippen molar-refractivity contribution in [3.8, 4) is 0 Å². The summed E-state index contributed by atoms with van der Waals surface area (Å²) in [6.45, 7) is 2.38. The standard InChI is InChI=1S/C9H16O2.C6H6FN/c1-2-11-9(10)8-6-4-3-5-7-8;7-5-3-1-2-4-6(5)8/h8H,2-7H2,1H3;1-4H,8H2. The largest absolute Gasteiger partial charge is 0.466 e. The fourth-order valence-corrected chi connectivity index (χ4v) is 2.07. The zero-order valence-electron chi connectivity index (χ0n) is 11.4. The minimum Gasteiger partial charge on any atom is -0.466 e. The van der Waals surface area contributed by atoms with Crippen LogP contribution in [0.5, 0.6) is 0 Å². The Kier molecular flexibility index (Phi) is 6.93. The van der Waals surface area contributed by atoms with Gasteiger partial charge in [-0.15, -0.1) is 0 Å². The summed E-state index contributed by atoms with van der Waals surface area (Å²) < 4.78 is 17.1. The normalized spacial score (nSPS) is 15.3. The predicted molar refractivity (Wildman–Crippen MR) is 74.0 cm³/mol. The van der Waals surface area contributed by atoms with E-state index in [4.69, 9.17) is 10.5 Å². The summed E-state index contributed by atoms with van der Waals surface area (Å²) in [5.74, 6) is -0.122. The number of rotatable bonds is 2. The topological polar surface area (TPSA) is 52.3 Å². The maximum Gasteiger partial charge on any atom is 0.308 e. The molecule has 0 radical (unpaired) electrons. The number of carbonyl (C=O) groups is 1. The van der Waals surface area contributed by atoms with E-state index in [1.807, 2.05) is 6.92 Å². The van der Waals surface area contributed by atoms with Crippen LogP contribution in [0.4, 0.5) is 10.1 Å². The van der Waals surface area contributed by atoms with Crippen molar-refractivity contribution < 1.29 is 13.9 Å². The monoisotopic (exact) mass is 267 g/mol. The van der Waals surface area contributed by atoms with Gasteiger partial charge >= 0.3 is 5.97 Å². The van der Waals surface area contributed by atoms with E-state index in [-0.39, 0.29) is 23.4 Å². The molecule has 0 aliphatic heterocycles. The Bertz CT molecular complexity index is 368. The smallest absolute Gasteiger partial charge is 0.308 e. The SMILES string of the molecule is CCOC(=O)C1CCCCC1.Nc1ccccc1F. The molecule has 4 heteroatoms. The molecule has 0 spiro atoms. The lowest BCUT2D eigenvalue weighted by atomic mass is 9.89. The lowest BCUT2D eigenvalue weighted by Crippen LogP contribution is -2.20. The second kappa shape index (κ2) is 8.51. The number of carbonyl (C=O) groups excluding carboxylic acids is 1. The molecule has 0 bridgehead atoms. The van der Waals surface area contributed by atoms with Crippen LogP contribution in [-0.2, 0) is 9.53 Å². The van der Waals surface area contributed by atoms with Crippen molar-refractivity contribution in [2.45, 2.75) is 39.0 Å². The van der Waals surface area contributed by atoms with Gasteiger partial charge < -0.3 is 10.5 Å². The highest BCUT2D eigenvalue weighted by Gasteiger charge is 2.21. The van der Waals surface area contributed by atoms with Crippen molar-refractivity contribution in [2.24, 2.45) is 5.92 Å². The van der Waals surface area contributed by atoms with Gasteiger partial charge in [-0.25, -0.2) is 4.39 Å². The van der Waals surface area contributed by atoms with Crippen molar-refractivity contribution in [1.82, 2.24) is 0 Å². The number of nitrogens with two attached hydrogens (primary N) is 1. The molecule has 0 heterocycles. The molecule has 0 atom stereocenters. The van der Waals surface area contributed by atoms with E-state index in [2.05, 4.69) is 0 Å². The molecule has 0 saturated heterocycles. The van der Waals surface area contributed by atoms with Gasteiger partial charge in [0.25, 0.3) is 0 Å². The highest BCUT2D eigenvalue weighted by molar-refractivity contribution is 5.72. The average molecular weight is 267 g/mol. The lowest BCUT2D eigenvalue weighted by molar-refractivity contribution is -0.149. The van der Waals surface area contributed by atoms with E-state index >= 15 is 0 Å². The van der Waals surface area contributed by atoms with Gasteiger partial charge in [0.05, 0.1) is 18.2 Å². The van der Waals surface area contributed by atoms with Crippen LogP contribution in [0.25, 0.3) is 0 Å². The Morgan fingerprint density at radius 2 is 1.95 bits per heavy atom. The molecule has 1 aliphatic rings. The quantitative estimate of drug-likeness (QED) is 0.658. The minimum absolute atomic E-state index is 0.0206. The number of para-hydroxylation sites is 1. The van der Waals surface area contributed by atoms with Crippen LogP contribution >= 0.6 is 0 Å². The van der Waals surface area contributed by atoms with E-state index in [1.165, 1.54) is 31.4 Å². The molecule has 1 aromatic rings. The summed E-state index contributed by atoms with van der Waals surface area (Å²) in [6.07, 6.45) is 5.76. The number of hydrogen-bond donors (Lipinski definition) is 1. The minimum atomic E-state index is -0.354. The Morgan fingerprint density at radius 3 is 2.42 bits per heavy atom. The van der Waals surface area contributed by atoms with Crippen molar-refractivity contribution in [3.05, 3.63) is 30.1 Å². The number of hydrogen-bond acceptors (Lipinski definition) is 3. The fourth-order valence-electron chi connectivity index (χ4n) is 2.07. The van der Waals surface area contributed by atoms with Gasteiger partial charge in [0.1, 0.15) is 5.82 Å². The van der Waals surface area contributed by atoms with Gasteiger partial charge in [0, 0.05) is 0 Å². The third kappa shape index (κ3) is 5.73. The number of benzene rings is 1. The molecule has 1 saturated carbocycles. The van der Waals surface area contributed by atoms with Crippen LogP contribution in [0, 0.1) is 11.7 Å². The molecule has 1 fully saturated rings. The van der Waals surface area contributed by atoms with Crippen LogP contribution in [0.15, 0.2) is 24.3 Å². The Hall–Kier alpha value is -1.58. The summed E-state index contributed by atoms with van der Waals surface area (Å²) in [4.78, 5) is 11.2. The van der Waals surface area contributed by atoms with Gasteiger partial charge in [0.15, 0.2) is 0 Å². The molecule has 0 aromatic heterocycles. The van der Waals surface area contributed by atoms with E-state index < -0.39 is 0 Å². The molecule has 3 nitrogen and oxygen atoms in total. The first-order valence-electron chi connectivity index (χ1n) is 6.81.